The standard InChI is InChI=1S/C21H29ClN2O3/c1-4-27-17-13-21(23,20(17,2)3)19(26)24-11-9-15(10-12-24)18(25)14-5-7-16(22)8-6-14/h5-8,15,17H,4,9-13,23H2,1-3H3. The van der Waals surface area contributed by atoms with E-state index in [1.165, 1.54) is 0 Å². The summed E-state index contributed by atoms with van der Waals surface area (Å²) >= 11 is 5.89. The average molecular weight is 393 g/mol. The third-order valence-electron chi connectivity index (χ3n) is 6.49. The summed E-state index contributed by atoms with van der Waals surface area (Å²) in [5, 5.41) is 0.619. The Labute approximate surface area is 166 Å². The fourth-order valence-electron chi connectivity index (χ4n) is 4.27. The van der Waals surface area contributed by atoms with E-state index in [1.54, 1.807) is 24.3 Å². The Balaban J connectivity index is 1.60. The number of nitrogens with two attached hydrogens (primary N) is 1. The molecule has 2 unspecified atom stereocenters. The second kappa shape index (κ2) is 7.53. The van der Waals surface area contributed by atoms with E-state index in [0.717, 1.165) is 0 Å². The van der Waals surface area contributed by atoms with Crippen molar-refractivity contribution in [3.8, 4) is 0 Å². The van der Waals surface area contributed by atoms with Crippen LogP contribution in [0.5, 0.6) is 0 Å². The molecule has 0 spiro atoms. The number of piperidine rings is 1. The number of carbonyl (C=O) groups excluding carboxylic acids is 2. The van der Waals surface area contributed by atoms with Crippen LogP contribution in [0.2, 0.25) is 5.02 Å². The van der Waals surface area contributed by atoms with E-state index in [2.05, 4.69) is 0 Å². The van der Waals surface area contributed by atoms with Crippen molar-refractivity contribution in [1.29, 1.82) is 0 Å². The van der Waals surface area contributed by atoms with Gasteiger partial charge < -0.3 is 15.4 Å². The molecule has 1 saturated carbocycles. The van der Waals surface area contributed by atoms with E-state index in [1.807, 2.05) is 25.7 Å². The summed E-state index contributed by atoms with van der Waals surface area (Å²) in [4.78, 5) is 27.6. The minimum absolute atomic E-state index is 0.0131. The molecule has 2 atom stereocenters. The molecule has 1 heterocycles. The molecule has 27 heavy (non-hydrogen) atoms. The third kappa shape index (κ3) is 3.53. The Morgan fingerprint density at radius 2 is 1.81 bits per heavy atom. The smallest absolute Gasteiger partial charge is 0.243 e. The van der Waals surface area contributed by atoms with Crippen molar-refractivity contribution in [1.82, 2.24) is 4.90 Å². The monoisotopic (exact) mass is 392 g/mol. The van der Waals surface area contributed by atoms with Crippen molar-refractivity contribution in [2.75, 3.05) is 19.7 Å². The van der Waals surface area contributed by atoms with Crippen LogP contribution in [0.1, 0.15) is 50.4 Å². The Kier molecular flexibility index (Phi) is 5.67. The number of rotatable bonds is 5. The summed E-state index contributed by atoms with van der Waals surface area (Å²) in [5.74, 6) is 0.0528. The lowest BCUT2D eigenvalue weighted by Crippen LogP contribution is -2.76. The van der Waals surface area contributed by atoms with Crippen LogP contribution >= 0.6 is 11.6 Å². The summed E-state index contributed by atoms with van der Waals surface area (Å²) < 4.78 is 5.73. The van der Waals surface area contributed by atoms with Gasteiger partial charge in [0.2, 0.25) is 5.91 Å². The van der Waals surface area contributed by atoms with Crippen molar-refractivity contribution in [3.05, 3.63) is 34.9 Å². The normalized spacial score (nSPS) is 27.9. The third-order valence-corrected chi connectivity index (χ3v) is 6.75. The fourth-order valence-corrected chi connectivity index (χ4v) is 4.40. The molecule has 5 nitrogen and oxygen atoms in total. The predicted octanol–water partition coefficient (Wildman–Crippen LogP) is 3.29. The largest absolute Gasteiger partial charge is 0.378 e. The van der Waals surface area contributed by atoms with Crippen molar-refractivity contribution in [2.24, 2.45) is 17.1 Å². The van der Waals surface area contributed by atoms with Crippen LogP contribution in [0.3, 0.4) is 0 Å². The number of ether oxygens (including phenoxy) is 1. The highest BCUT2D eigenvalue weighted by Gasteiger charge is 2.63. The molecule has 1 amide bonds. The van der Waals surface area contributed by atoms with E-state index >= 15 is 0 Å². The molecule has 1 aliphatic carbocycles. The van der Waals surface area contributed by atoms with Crippen LogP contribution in [0.15, 0.2) is 24.3 Å². The number of benzene rings is 1. The summed E-state index contributed by atoms with van der Waals surface area (Å²) in [6.07, 6.45) is 1.90. The molecule has 0 bridgehead atoms. The molecule has 2 fully saturated rings. The lowest BCUT2D eigenvalue weighted by molar-refractivity contribution is -0.180. The highest BCUT2D eigenvalue weighted by molar-refractivity contribution is 6.30. The first-order valence-corrected chi connectivity index (χ1v) is 10.1. The lowest BCUT2D eigenvalue weighted by atomic mass is 9.54. The first-order valence-electron chi connectivity index (χ1n) is 9.70. The second-order valence-electron chi connectivity index (χ2n) is 8.28. The van der Waals surface area contributed by atoms with Crippen LogP contribution in [0, 0.1) is 11.3 Å². The molecule has 2 N–H and O–H groups in total. The maximum Gasteiger partial charge on any atom is 0.243 e. The van der Waals surface area contributed by atoms with Gasteiger partial charge in [-0.25, -0.2) is 0 Å². The molecule has 1 aromatic rings. The minimum atomic E-state index is -0.889. The number of Topliss-reactive ketones (excluding diaryl/α,β-unsaturated/α-hetero) is 1. The number of ketones is 1. The number of amides is 1. The number of nitrogens with zero attached hydrogens (tertiary/aromatic N) is 1. The van der Waals surface area contributed by atoms with Crippen LogP contribution in [-0.2, 0) is 9.53 Å². The molecule has 1 aromatic carbocycles. The van der Waals surface area contributed by atoms with Gasteiger partial charge in [-0.15, -0.1) is 0 Å². The highest BCUT2D eigenvalue weighted by Crippen LogP contribution is 2.50. The van der Waals surface area contributed by atoms with Gasteiger partial charge in [-0.05, 0) is 44.0 Å². The van der Waals surface area contributed by atoms with Crippen molar-refractivity contribution < 1.29 is 14.3 Å². The Hall–Kier alpha value is -1.43. The van der Waals surface area contributed by atoms with Gasteiger partial charge in [-0.2, -0.15) is 0 Å². The van der Waals surface area contributed by atoms with Gasteiger partial charge in [-0.3, -0.25) is 9.59 Å². The zero-order valence-electron chi connectivity index (χ0n) is 16.3. The van der Waals surface area contributed by atoms with Crippen LogP contribution in [0.25, 0.3) is 0 Å². The van der Waals surface area contributed by atoms with E-state index in [0.29, 0.717) is 49.5 Å². The number of carbonyl (C=O) groups is 2. The molecule has 148 valence electrons. The zero-order chi connectivity index (χ0) is 19.8. The summed E-state index contributed by atoms with van der Waals surface area (Å²) in [6.45, 7) is 7.72. The van der Waals surface area contributed by atoms with Crippen molar-refractivity contribution in [2.45, 2.75) is 51.7 Å². The molecule has 0 radical (unpaired) electrons. The maximum absolute atomic E-state index is 13.1. The van der Waals surface area contributed by atoms with Crippen molar-refractivity contribution in [3.63, 3.8) is 0 Å². The number of hydrogen-bond acceptors (Lipinski definition) is 4. The zero-order valence-corrected chi connectivity index (χ0v) is 17.1. The maximum atomic E-state index is 13.1. The number of halogens is 1. The van der Waals surface area contributed by atoms with Crippen molar-refractivity contribution >= 4 is 23.3 Å². The van der Waals surface area contributed by atoms with Crippen LogP contribution in [-0.4, -0.2) is 47.9 Å². The molecule has 1 aliphatic heterocycles. The highest BCUT2D eigenvalue weighted by atomic mass is 35.5. The van der Waals surface area contributed by atoms with Gasteiger partial charge in [0.25, 0.3) is 0 Å². The second-order valence-corrected chi connectivity index (χ2v) is 8.72. The number of hydrogen-bond donors (Lipinski definition) is 1. The van der Waals surface area contributed by atoms with E-state index in [-0.39, 0.29) is 23.7 Å². The summed E-state index contributed by atoms with van der Waals surface area (Å²) in [6, 6.07) is 7.00. The van der Waals surface area contributed by atoms with Gasteiger partial charge >= 0.3 is 0 Å². The van der Waals surface area contributed by atoms with Crippen LogP contribution < -0.4 is 5.73 Å². The molecular formula is C21H29ClN2O3. The average Bonchev–Trinajstić information content (AvgIpc) is 2.67. The Bertz CT molecular complexity index is 711. The van der Waals surface area contributed by atoms with Gasteiger partial charge in [0, 0.05) is 48.0 Å². The minimum Gasteiger partial charge on any atom is -0.378 e. The first kappa shape index (κ1) is 20.3. The Morgan fingerprint density at radius 1 is 1.22 bits per heavy atom. The van der Waals surface area contributed by atoms with E-state index in [4.69, 9.17) is 22.1 Å². The van der Waals surface area contributed by atoms with Gasteiger partial charge in [0.15, 0.2) is 5.78 Å². The van der Waals surface area contributed by atoms with Gasteiger partial charge in [0.1, 0.15) is 5.54 Å². The van der Waals surface area contributed by atoms with E-state index in [9.17, 15) is 9.59 Å². The topological polar surface area (TPSA) is 72.6 Å². The Morgan fingerprint density at radius 3 is 2.33 bits per heavy atom. The van der Waals surface area contributed by atoms with Crippen LogP contribution in [0.4, 0.5) is 0 Å². The number of likely N-dealkylation sites (tertiary alicyclic amines) is 1. The first-order chi connectivity index (χ1) is 12.7. The summed E-state index contributed by atoms with van der Waals surface area (Å²) in [5.41, 5.74) is 5.92. The molecule has 1 saturated heterocycles. The molecular weight excluding hydrogens is 364 g/mol. The predicted molar refractivity (Wildman–Crippen MR) is 106 cm³/mol. The lowest BCUT2D eigenvalue weighted by Gasteiger charge is -2.59. The summed E-state index contributed by atoms with van der Waals surface area (Å²) in [7, 11) is 0. The SMILES string of the molecule is CCOC1CC(N)(C(=O)N2CCC(C(=O)c3ccc(Cl)cc3)CC2)C1(C)C. The molecule has 3 rings (SSSR count). The van der Waals surface area contributed by atoms with Gasteiger partial charge in [0.05, 0.1) is 6.10 Å². The fraction of sp³-hybridized carbons (Fsp3) is 0.619. The quantitative estimate of drug-likeness (QED) is 0.780. The van der Waals surface area contributed by atoms with Gasteiger partial charge in [-0.1, -0.05) is 25.4 Å². The van der Waals surface area contributed by atoms with E-state index < -0.39 is 11.0 Å². The molecule has 6 heteroatoms. The molecule has 0 aromatic heterocycles. The molecule has 2 aliphatic rings.